The molecule has 144 valence electrons. The molecular weight excluding hydrogens is 381 g/mol. The van der Waals surface area contributed by atoms with Crippen molar-refractivity contribution in [2.75, 3.05) is 17.2 Å². The number of rotatable bonds is 6. The first-order valence-corrected chi connectivity index (χ1v) is 8.94. The van der Waals surface area contributed by atoms with Crippen molar-refractivity contribution < 1.29 is 13.9 Å². The molecule has 0 unspecified atom stereocenters. The second kappa shape index (κ2) is 9.05. The molecule has 0 spiro atoms. The molecule has 7 nitrogen and oxygen atoms in total. The topological polar surface area (TPSA) is 81.1 Å². The van der Waals surface area contributed by atoms with Crippen LogP contribution in [-0.4, -0.2) is 32.5 Å². The van der Waals surface area contributed by atoms with Crippen LogP contribution in [0.2, 0.25) is 0 Å². The summed E-state index contributed by atoms with van der Waals surface area (Å²) in [7, 11) is 0. The Hall–Kier alpha value is -3.33. The van der Waals surface area contributed by atoms with Gasteiger partial charge in [0, 0.05) is 11.3 Å². The van der Waals surface area contributed by atoms with E-state index in [0.29, 0.717) is 23.4 Å². The minimum absolute atomic E-state index is 0.261. The summed E-state index contributed by atoms with van der Waals surface area (Å²) >= 11 is 5.24. The van der Waals surface area contributed by atoms with Crippen LogP contribution >= 0.6 is 12.2 Å². The highest BCUT2D eigenvalue weighted by Crippen LogP contribution is 2.12. The van der Waals surface area contributed by atoms with E-state index in [1.165, 1.54) is 17.1 Å². The van der Waals surface area contributed by atoms with Crippen LogP contribution in [0.5, 0.6) is 0 Å². The number of halogens is 1. The molecule has 0 atom stereocenters. The number of hydrogen-bond donors (Lipinski definition) is 2. The van der Waals surface area contributed by atoms with Crippen LogP contribution in [0.25, 0.3) is 0 Å². The summed E-state index contributed by atoms with van der Waals surface area (Å²) in [5.41, 5.74) is 1.66. The van der Waals surface area contributed by atoms with E-state index in [1.807, 2.05) is 0 Å². The quantitative estimate of drug-likeness (QED) is 0.485. The third-order valence-electron chi connectivity index (χ3n) is 3.71. The lowest BCUT2D eigenvalue weighted by Crippen LogP contribution is -2.20. The Morgan fingerprint density at radius 1 is 1.18 bits per heavy atom. The number of esters is 1. The zero-order valence-electron chi connectivity index (χ0n) is 15.1. The first-order chi connectivity index (χ1) is 13.5. The Balaban J connectivity index is 1.56. The van der Waals surface area contributed by atoms with E-state index >= 15 is 0 Å². The van der Waals surface area contributed by atoms with Gasteiger partial charge in [-0.05, 0) is 49.5 Å². The minimum atomic E-state index is -0.376. The van der Waals surface area contributed by atoms with Crippen molar-refractivity contribution >= 4 is 34.9 Å². The summed E-state index contributed by atoms with van der Waals surface area (Å²) in [6.45, 7) is 2.34. The van der Waals surface area contributed by atoms with Crippen LogP contribution in [0.15, 0.2) is 54.9 Å². The highest BCUT2D eigenvalue weighted by Gasteiger charge is 2.08. The minimum Gasteiger partial charge on any atom is -0.462 e. The average Bonchev–Trinajstić information content (AvgIpc) is 3.11. The van der Waals surface area contributed by atoms with Gasteiger partial charge in [-0.2, -0.15) is 0 Å². The van der Waals surface area contributed by atoms with Crippen molar-refractivity contribution in [2.24, 2.45) is 0 Å². The maximum absolute atomic E-state index is 13.7. The maximum Gasteiger partial charge on any atom is 0.338 e. The second-order valence-corrected chi connectivity index (χ2v) is 6.14. The van der Waals surface area contributed by atoms with Gasteiger partial charge < -0.3 is 10.1 Å². The van der Waals surface area contributed by atoms with E-state index in [0.717, 1.165) is 0 Å². The number of thiocarbonyl (C=S) groups is 1. The molecule has 1 heterocycles. The largest absolute Gasteiger partial charge is 0.462 e. The first kappa shape index (κ1) is 19.4. The van der Waals surface area contributed by atoms with Gasteiger partial charge in [0.1, 0.15) is 12.1 Å². The molecule has 0 bridgehead atoms. The normalized spacial score (nSPS) is 10.4. The van der Waals surface area contributed by atoms with Gasteiger partial charge in [0.05, 0.1) is 18.7 Å². The number of hydrogen-bond acceptors (Lipinski definition) is 5. The summed E-state index contributed by atoms with van der Waals surface area (Å²) in [5.74, 6) is -0.382. The zero-order valence-corrected chi connectivity index (χ0v) is 15.9. The number of anilines is 2. The SMILES string of the molecule is CCOC(=O)c1ccc(NC(=S)Nc2ncn(Cc3ccccc3F)n2)cc1. The van der Waals surface area contributed by atoms with Crippen LogP contribution in [0, 0.1) is 5.82 Å². The zero-order chi connectivity index (χ0) is 19.9. The van der Waals surface area contributed by atoms with Crippen LogP contribution in [0.4, 0.5) is 16.0 Å². The van der Waals surface area contributed by atoms with Crippen LogP contribution in [0.3, 0.4) is 0 Å². The van der Waals surface area contributed by atoms with Crippen molar-refractivity contribution in [2.45, 2.75) is 13.5 Å². The van der Waals surface area contributed by atoms with Gasteiger partial charge in [0.15, 0.2) is 5.11 Å². The van der Waals surface area contributed by atoms with Crippen molar-refractivity contribution in [3.63, 3.8) is 0 Å². The summed E-state index contributed by atoms with van der Waals surface area (Å²) in [5, 5.41) is 10.3. The fourth-order valence-corrected chi connectivity index (χ4v) is 2.61. The molecule has 0 saturated carbocycles. The molecule has 0 aliphatic rings. The fraction of sp³-hybridized carbons (Fsp3) is 0.158. The summed E-state index contributed by atoms with van der Waals surface area (Å²) in [4.78, 5) is 15.8. The maximum atomic E-state index is 13.7. The lowest BCUT2D eigenvalue weighted by molar-refractivity contribution is 0.0526. The van der Waals surface area contributed by atoms with Crippen molar-refractivity contribution in [3.8, 4) is 0 Å². The number of nitrogens with one attached hydrogen (secondary N) is 2. The lowest BCUT2D eigenvalue weighted by atomic mass is 10.2. The molecule has 2 N–H and O–H groups in total. The third-order valence-corrected chi connectivity index (χ3v) is 3.91. The molecule has 0 radical (unpaired) electrons. The molecule has 0 fully saturated rings. The Bertz CT molecular complexity index is 974. The van der Waals surface area contributed by atoms with Gasteiger partial charge in [0.2, 0.25) is 5.95 Å². The van der Waals surface area contributed by atoms with E-state index in [1.54, 1.807) is 49.4 Å². The second-order valence-electron chi connectivity index (χ2n) is 5.73. The third kappa shape index (κ3) is 5.10. The molecule has 3 rings (SSSR count). The molecule has 2 aromatic carbocycles. The molecule has 0 amide bonds. The van der Waals surface area contributed by atoms with Crippen LogP contribution in [-0.2, 0) is 11.3 Å². The number of carbonyl (C=O) groups is 1. The van der Waals surface area contributed by atoms with Gasteiger partial charge in [-0.25, -0.2) is 18.9 Å². The van der Waals surface area contributed by atoms with E-state index in [9.17, 15) is 9.18 Å². The Labute approximate surface area is 166 Å². The van der Waals surface area contributed by atoms with Gasteiger partial charge in [-0.15, -0.1) is 5.10 Å². The average molecular weight is 399 g/mol. The van der Waals surface area contributed by atoms with Gasteiger partial charge in [0.25, 0.3) is 0 Å². The molecule has 0 aliphatic carbocycles. The predicted molar refractivity (Wildman–Crippen MR) is 108 cm³/mol. The van der Waals surface area contributed by atoms with Crippen LogP contribution < -0.4 is 10.6 Å². The molecule has 0 saturated heterocycles. The number of ether oxygens (including phenoxy) is 1. The standard InChI is InChI=1S/C19H18FN5O2S/c1-2-27-17(26)13-7-9-15(10-8-13)22-19(28)23-18-21-12-25(24-18)11-14-5-3-4-6-16(14)20/h3-10,12H,2,11H2,1H3,(H2,22,23,24,28). The summed E-state index contributed by atoms with van der Waals surface area (Å²) < 4.78 is 20.2. The highest BCUT2D eigenvalue weighted by molar-refractivity contribution is 7.80. The number of carbonyl (C=O) groups excluding carboxylic acids is 1. The number of nitrogens with zero attached hydrogens (tertiary/aromatic N) is 3. The van der Waals surface area contributed by atoms with Crippen LogP contribution in [0.1, 0.15) is 22.8 Å². The van der Waals surface area contributed by atoms with Crippen molar-refractivity contribution in [3.05, 3.63) is 71.8 Å². The van der Waals surface area contributed by atoms with E-state index < -0.39 is 0 Å². The highest BCUT2D eigenvalue weighted by atomic mass is 32.1. The van der Waals surface area contributed by atoms with Gasteiger partial charge in [-0.1, -0.05) is 18.2 Å². The molecule has 3 aromatic rings. The van der Waals surface area contributed by atoms with Gasteiger partial charge >= 0.3 is 5.97 Å². The van der Waals surface area contributed by atoms with Crippen molar-refractivity contribution in [1.29, 1.82) is 0 Å². The van der Waals surface area contributed by atoms with E-state index in [2.05, 4.69) is 20.7 Å². The monoisotopic (exact) mass is 399 g/mol. The number of benzene rings is 2. The van der Waals surface area contributed by atoms with E-state index in [-0.39, 0.29) is 29.4 Å². The molecule has 0 aliphatic heterocycles. The van der Waals surface area contributed by atoms with Gasteiger partial charge in [-0.3, -0.25) is 5.32 Å². The molecule has 1 aromatic heterocycles. The lowest BCUT2D eigenvalue weighted by Gasteiger charge is -2.08. The van der Waals surface area contributed by atoms with Crippen molar-refractivity contribution in [1.82, 2.24) is 14.8 Å². The summed E-state index contributed by atoms with van der Waals surface area (Å²) in [6.07, 6.45) is 1.49. The Morgan fingerprint density at radius 3 is 2.64 bits per heavy atom. The Kier molecular flexibility index (Phi) is 6.28. The predicted octanol–water partition coefficient (Wildman–Crippen LogP) is 3.45. The molecule has 9 heteroatoms. The number of aromatic nitrogens is 3. The molecular formula is C19H18FN5O2S. The smallest absolute Gasteiger partial charge is 0.338 e. The summed E-state index contributed by atoms with van der Waals surface area (Å²) in [6, 6.07) is 13.2. The molecule has 28 heavy (non-hydrogen) atoms. The van der Waals surface area contributed by atoms with E-state index in [4.69, 9.17) is 17.0 Å². The first-order valence-electron chi connectivity index (χ1n) is 8.53. The fourth-order valence-electron chi connectivity index (χ4n) is 2.40. The Morgan fingerprint density at radius 2 is 1.93 bits per heavy atom.